The second kappa shape index (κ2) is 9.52. The van der Waals surface area contributed by atoms with Gasteiger partial charge in [0.25, 0.3) is 11.8 Å². The van der Waals surface area contributed by atoms with Gasteiger partial charge in [-0.05, 0) is 66.6 Å². The van der Waals surface area contributed by atoms with Crippen LogP contribution in [0.1, 0.15) is 55.1 Å². The number of amides is 2. The molecule has 4 N–H and O–H groups in total. The summed E-state index contributed by atoms with van der Waals surface area (Å²) in [7, 11) is 0. The van der Waals surface area contributed by atoms with E-state index in [1.807, 2.05) is 13.0 Å². The van der Waals surface area contributed by atoms with Gasteiger partial charge in [0.05, 0.1) is 13.1 Å². The molecule has 1 fully saturated rings. The summed E-state index contributed by atoms with van der Waals surface area (Å²) < 4.78 is 13.6. The first-order chi connectivity index (χ1) is 16.6. The monoisotopic (exact) mass is 477 g/mol. The number of nitrogens with one attached hydrogen (secondary N) is 2. The Balaban J connectivity index is 1.57. The fourth-order valence-corrected chi connectivity index (χ4v) is 4.65. The van der Waals surface area contributed by atoms with E-state index in [4.69, 9.17) is 11.1 Å². The molecule has 1 unspecified atom stereocenters. The van der Waals surface area contributed by atoms with E-state index < -0.39 is 5.54 Å². The number of carbonyl (C=O) groups is 2. The van der Waals surface area contributed by atoms with Crippen LogP contribution in [0.5, 0.6) is 0 Å². The standard InChI is InChI=1S/C27H32FN5O2/c1-17(2)11-12-27(21-7-9-22(28)10-8-21)25(35)33(26(30)31-27)15-19-5-4-6-20(13-19)24(34)32-14-18(3)23(29)16-32/h4-10,13,17H,11-12,14-16,29H2,1-3H3,(H2,30,31). The number of hydrogen-bond donors (Lipinski definition) is 3. The third-order valence-electron chi connectivity index (χ3n) is 6.78. The van der Waals surface area contributed by atoms with E-state index in [1.54, 1.807) is 35.2 Å². The molecule has 0 bridgehead atoms. The lowest BCUT2D eigenvalue weighted by molar-refractivity contribution is -0.132. The fourth-order valence-electron chi connectivity index (χ4n) is 4.65. The molecule has 0 aliphatic carbocycles. The molecule has 35 heavy (non-hydrogen) atoms. The molecular formula is C27H32FN5O2. The van der Waals surface area contributed by atoms with Crippen molar-refractivity contribution in [3.05, 3.63) is 82.3 Å². The third-order valence-corrected chi connectivity index (χ3v) is 6.78. The minimum Gasteiger partial charge on any atom is -0.401 e. The second-order valence-electron chi connectivity index (χ2n) is 9.88. The van der Waals surface area contributed by atoms with Gasteiger partial charge >= 0.3 is 0 Å². The first-order valence-electron chi connectivity index (χ1n) is 11.9. The van der Waals surface area contributed by atoms with Crippen molar-refractivity contribution in [3.8, 4) is 0 Å². The summed E-state index contributed by atoms with van der Waals surface area (Å²) in [6, 6.07) is 13.0. The van der Waals surface area contributed by atoms with Gasteiger partial charge in [-0.15, -0.1) is 0 Å². The lowest BCUT2D eigenvalue weighted by Crippen LogP contribution is -2.44. The van der Waals surface area contributed by atoms with Crippen LogP contribution in [-0.4, -0.2) is 40.7 Å². The molecule has 1 atom stereocenters. The average molecular weight is 478 g/mol. The third kappa shape index (κ3) is 4.78. The Kier molecular flexibility index (Phi) is 6.65. The molecule has 184 valence electrons. The Hall–Kier alpha value is -3.68. The Bertz CT molecular complexity index is 1180. The van der Waals surface area contributed by atoms with Gasteiger partial charge in [0.15, 0.2) is 5.96 Å². The number of guanidine groups is 1. The largest absolute Gasteiger partial charge is 0.401 e. The van der Waals surface area contributed by atoms with Crippen molar-refractivity contribution in [1.29, 1.82) is 5.41 Å². The van der Waals surface area contributed by atoms with Crippen LogP contribution in [0, 0.1) is 17.1 Å². The molecule has 8 heteroatoms. The van der Waals surface area contributed by atoms with Crippen LogP contribution in [0.25, 0.3) is 0 Å². The SMILES string of the molecule is CC1=C(N)CN(C(=O)c2cccc(CN3C(=N)NC(CCC(C)C)(c4ccc(F)cc4)C3=O)c2)C1. The van der Waals surface area contributed by atoms with Gasteiger partial charge in [0.1, 0.15) is 11.4 Å². The van der Waals surface area contributed by atoms with Crippen LogP contribution < -0.4 is 11.1 Å². The predicted molar refractivity (Wildman–Crippen MR) is 133 cm³/mol. The van der Waals surface area contributed by atoms with Gasteiger partial charge < -0.3 is 16.0 Å². The number of nitrogens with two attached hydrogens (primary N) is 1. The summed E-state index contributed by atoms with van der Waals surface area (Å²) in [4.78, 5) is 29.9. The van der Waals surface area contributed by atoms with Gasteiger partial charge in [0.2, 0.25) is 0 Å². The van der Waals surface area contributed by atoms with E-state index in [2.05, 4.69) is 19.2 Å². The number of nitrogens with zero attached hydrogens (tertiary/aromatic N) is 2. The zero-order valence-corrected chi connectivity index (χ0v) is 20.4. The fraction of sp³-hybridized carbons (Fsp3) is 0.370. The first-order valence-corrected chi connectivity index (χ1v) is 11.9. The van der Waals surface area contributed by atoms with Gasteiger partial charge in [-0.25, -0.2) is 4.39 Å². The highest BCUT2D eigenvalue weighted by molar-refractivity contribution is 6.08. The normalized spacial score (nSPS) is 20.3. The van der Waals surface area contributed by atoms with E-state index in [9.17, 15) is 14.0 Å². The molecule has 0 aromatic heterocycles. The summed E-state index contributed by atoms with van der Waals surface area (Å²) in [5.41, 5.74) is 8.45. The van der Waals surface area contributed by atoms with Crippen molar-refractivity contribution < 1.29 is 14.0 Å². The number of benzene rings is 2. The lowest BCUT2D eigenvalue weighted by Gasteiger charge is -2.28. The Morgan fingerprint density at radius 3 is 2.54 bits per heavy atom. The van der Waals surface area contributed by atoms with E-state index in [0.717, 1.165) is 23.3 Å². The molecule has 7 nitrogen and oxygen atoms in total. The first kappa shape index (κ1) is 24.4. The highest BCUT2D eigenvalue weighted by Crippen LogP contribution is 2.35. The number of rotatable bonds is 7. The van der Waals surface area contributed by atoms with Crippen LogP contribution in [0.2, 0.25) is 0 Å². The number of carbonyl (C=O) groups excluding carboxylic acids is 2. The highest BCUT2D eigenvalue weighted by atomic mass is 19.1. The summed E-state index contributed by atoms with van der Waals surface area (Å²) in [5.74, 6) is -0.404. The van der Waals surface area contributed by atoms with Crippen LogP contribution in [-0.2, 0) is 16.9 Å². The quantitative estimate of drug-likeness (QED) is 0.566. The van der Waals surface area contributed by atoms with Crippen LogP contribution in [0.3, 0.4) is 0 Å². The zero-order valence-electron chi connectivity index (χ0n) is 20.4. The van der Waals surface area contributed by atoms with E-state index in [-0.39, 0.29) is 30.1 Å². The molecule has 0 radical (unpaired) electrons. The van der Waals surface area contributed by atoms with Crippen LogP contribution in [0.4, 0.5) is 4.39 Å². The lowest BCUT2D eigenvalue weighted by atomic mass is 9.83. The van der Waals surface area contributed by atoms with Crippen molar-refractivity contribution in [2.24, 2.45) is 11.7 Å². The average Bonchev–Trinajstić information content (AvgIpc) is 3.29. The molecule has 0 spiro atoms. The van der Waals surface area contributed by atoms with Gasteiger partial charge in [-0.3, -0.25) is 19.9 Å². The van der Waals surface area contributed by atoms with Crippen molar-refractivity contribution in [1.82, 2.24) is 15.1 Å². The smallest absolute Gasteiger partial charge is 0.260 e. The van der Waals surface area contributed by atoms with Crippen molar-refractivity contribution >= 4 is 17.8 Å². The van der Waals surface area contributed by atoms with Gasteiger partial charge in [0, 0.05) is 17.8 Å². The summed E-state index contributed by atoms with van der Waals surface area (Å²) in [6.45, 7) is 7.14. The molecular weight excluding hydrogens is 445 g/mol. The van der Waals surface area contributed by atoms with Crippen molar-refractivity contribution in [2.75, 3.05) is 13.1 Å². The maximum atomic E-state index is 13.8. The Morgan fingerprint density at radius 2 is 1.91 bits per heavy atom. The van der Waals surface area contributed by atoms with E-state index in [1.165, 1.54) is 17.0 Å². The maximum absolute atomic E-state index is 13.8. The highest BCUT2D eigenvalue weighted by Gasteiger charge is 2.50. The molecule has 2 amide bonds. The predicted octanol–water partition coefficient (Wildman–Crippen LogP) is 3.71. The van der Waals surface area contributed by atoms with Gasteiger partial charge in [-0.1, -0.05) is 38.1 Å². The van der Waals surface area contributed by atoms with E-state index >= 15 is 0 Å². The van der Waals surface area contributed by atoms with Crippen molar-refractivity contribution in [3.63, 3.8) is 0 Å². The molecule has 0 saturated carbocycles. The van der Waals surface area contributed by atoms with Gasteiger partial charge in [-0.2, -0.15) is 0 Å². The Morgan fingerprint density at radius 1 is 1.20 bits per heavy atom. The number of hydrogen-bond acceptors (Lipinski definition) is 4. The minimum absolute atomic E-state index is 0.00745. The summed E-state index contributed by atoms with van der Waals surface area (Å²) >= 11 is 0. The van der Waals surface area contributed by atoms with Crippen LogP contribution in [0.15, 0.2) is 59.8 Å². The molecule has 4 rings (SSSR count). The number of halogens is 1. The zero-order chi connectivity index (χ0) is 25.3. The summed E-state index contributed by atoms with van der Waals surface area (Å²) in [5, 5.41) is 11.7. The molecule has 2 aliphatic heterocycles. The minimum atomic E-state index is -1.13. The summed E-state index contributed by atoms with van der Waals surface area (Å²) in [6.07, 6.45) is 1.24. The molecule has 2 aromatic rings. The molecule has 2 aliphatic rings. The molecule has 2 heterocycles. The Labute approximate surface area is 205 Å². The molecule has 2 aromatic carbocycles. The topological polar surface area (TPSA) is 103 Å². The molecule has 1 saturated heterocycles. The van der Waals surface area contributed by atoms with E-state index in [0.29, 0.717) is 36.6 Å². The second-order valence-corrected chi connectivity index (χ2v) is 9.88. The van der Waals surface area contributed by atoms with Crippen LogP contribution >= 0.6 is 0 Å². The van der Waals surface area contributed by atoms with Crippen molar-refractivity contribution in [2.45, 2.75) is 45.7 Å². The maximum Gasteiger partial charge on any atom is 0.260 e.